The van der Waals surface area contributed by atoms with Gasteiger partial charge < -0.3 is 52.5 Å². The van der Waals surface area contributed by atoms with Gasteiger partial charge in [-0.1, -0.05) is 0 Å². The molecule has 360 valence electrons. The maximum absolute atomic E-state index is 12.8. The number of nitrogens with one attached hydrogen (secondary N) is 2. The lowest BCUT2D eigenvalue weighted by Crippen LogP contribution is -2.79. The van der Waals surface area contributed by atoms with E-state index in [1.807, 2.05) is 72.8 Å². The Kier molecular flexibility index (Phi) is 18.7. The monoisotopic (exact) mass is 910 g/mol. The van der Waals surface area contributed by atoms with Crippen molar-refractivity contribution in [3.63, 3.8) is 0 Å². The summed E-state index contributed by atoms with van der Waals surface area (Å²) in [6, 6.07) is 23.8. The first-order valence-corrected chi connectivity index (χ1v) is 24.7. The maximum atomic E-state index is 12.8. The summed E-state index contributed by atoms with van der Waals surface area (Å²) in [4.78, 5) is 2.67. The number of hydrogen-bond donors (Lipinski definition) is 5. The SMILES string of the molecule is OCC(CCCc1ccco1)(CCCc1ccco1)N1CCNCCNCC1(C(CO)(CCCc1ccco1)CCCc1ccco1)C(CO)(CCCc1ccco1)CCCc1ccco1. The van der Waals surface area contributed by atoms with E-state index in [1.165, 1.54) is 0 Å². The summed E-state index contributed by atoms with van der Waals surface area (Å²) in [6.07, 6.45) is 23.2. The van der Waals surface area contributed by atoms with E-state index in [1.54, 1.807) is 37.6 Å². The number of aliphatic hydroxyl groups is 3. The molecule has 1 aliphatic heterocycles. The molecule has 12 nitrogen and oxygen atoms in total. The van der Waals surface area contributed by atoms with Crippen LogP contribution >= 0.6 is 0 Å². The van der Waals surface area contributed by atoms with Crippen molar-refractivity contribution >= 4 is 0 Å². The molecule has 5 N–H and O–H groups in total. The van der Waals surface area contributed by atoms with E-state index in [2.05, 4.69) is 15.5 Å². The van der Waals surface area contributed by atoms with Crippen LogP contribution in [0.15, 0.2) is 137 Å². The fraction of sp³-hybridized carbons (Fsp3) is 0.556. The summed E-state index contributed by atoms with van der Waals surface area (Å²) in [5.41, 5.74) is -3.31. The third-order valence-corrected chi connectivity index (χ3v) is 15.0. The Balaban J connectivity index is 1.43. The highest BCUT2D eigenvalue weighted by Gasteiger charge is 2.66. The smallest absolute Gasteiger partial charge is 0.103 e. The topological polar surface area (TPSA) is 167 Å². The molecule has 0 bridgehead atoms. The molecule has 0 atom stereocenters. The predicted octanol–water partition coefficient (Wildman–Crippen LogP) is 9.60. The van der Waals surface area contributed by atoms with Crippen molar-refractivity contribution in [1.29, 1.82) is 0 Å². The average molecular weight is 910 g/mol. The molecule has 6 aromatic rings. The van der Waals surface area contributed by atoms with Crippen molar-refractivity contribution in [3.05, 3.63) is 145 Å². The Bertz CT molecular complexity index is 1880. The molecule has 0 spiro atoms. The van der Waals surface area contributed by atoms with Gasteiger partial charge in [0.2, 0.25) is 0 Å². The summed E-state index contributed by atoms with van der Waals surface area (Å²) < 4.78 is 35.5. The van der Waals surface area contributed by atoms with E-state index in [0.29, 0.717) is 90.4 Å². The summed E-state index contributed by atoms with van der Waals surface area (Å²) >= 11 is 0. The highest BCUT2D eigenvalue weighted by atomic mass is 16.3. The molecule has 0 saturated carbocycles. The lowest BCUT2D eigenvalue weighted by molar-refractivity contribution is -0.213. The molecule has 1 aliphatic rings. The van der Waals surface area contributed by atoms with Gasteiger partial charge in [0.05, 0.1) is 57.4 Å². The largest absolute Gasteiger partial charge is 0.469 e. The van der Waals surface area contributed by atoms with E-state index in [0.717, 1.165) is 92.5 Å². The second-order valence-corrected chi connectivity index (χ2v) is 18.8. The van der Waals surface area contributed by atoms with Crippen molar-refractivity contribution < 1.29 is 41.8 Å². The van der Waals surface area contributed by atoms with Crippen LogP contribution in [-0.4, -0.2) is 83.8 Å². The Morgan fingerprint density at radius 1 is 0.424 bits per heavy atom. The Morgan fingerprint density at radius 3 is 1.03 bits per heavy atom. The molecule has 7 rings (SSSR count). The summed E-state index contributed by atoms with van der Waals surface area (Å²) in [6.45, 7) is 2.89. The van der Waals surface area contributed by atoms with Gasteiger partial charge in [0.1, 0.15) is 34.6 Å². The molecule has 0 amide bonds. The van der Waals surface area contributed by atoms with Gasteiger partial charge in [-0.3, -0.25) is 4.90 Å². The second kappa shape index (κ2) is 25.0. The van der Waals surface area contributed by atoms with Gasteiger partial charge in [-0.15, -0.1) is 0 Å². The van der Waals surface area contributed by atoms with Crippen LogP contribution in [0.4, 0.5) is 0 Å². The zero-order valence-corrected chi connectivity index (χ0v) is 39.0. The van der Waals surface area contributed by atoms with Gasteiger partial charge in [0.25, 0.3) is 0 Å². The minimum atomic E-state index is -0.924. The molecule has 0 aliphatic carbocycles. The minimum Gasteiger partial charge on any atom is -0.469 e. The van der Waals surface area contributed by atoms with E-state index in [-0.39, 0.29) is 19.8 Å². The van der Waals surface area contributed by atoms with Gasteiger partial charge in [-0.2, -0.15) is 0 Å². The standard InChI is InChI=1S/C54H75N3O9/c58-42-51(25-1-13-45-19-7-35-61-45,26-2-14-46-20-8-36-62-46)54(52(43-59,27-3-15-47-21-9-37-63-47)28-4-16-48-22-10-38-64-48)41-56-32-31-55-33-34-57(54)53(44-60,29-5-17-49-23-11-39-65-49)30-6-18-50-24-12-40-66-50/h7-12,19-24,35-40,55-56,58-60H,1-6,13-18,25-34,41-44H2. The normalized spacial score (nSPS) is 15.5. The molecule has 6 aromatic heterocycles. The minimum absolute atomic E-state index is 0.105. The number of rotatable bonds is 30. The molecule has 1 fully saturated rings. The second-order valence-electron chi connectivity index (χ2n) is 18.8. The molecule has 1 saturated heterocycles. The van der Waals surface area contributed by atoms with Crippen LogP contribution in [0.25, 0.3) is 0 Å². The van der Waals surface area contributed by atoms with Gasteiger partial charge >= 0.3 is 0 Å². The average Bonchev–Trinajstić information content (AvgIpc) is 4.20. The summed E-state index contributed by atoms with van der Waals surface area (Å²) in [7, 11) is 0. The molecule has 0 aromatic carbocycles. The van der Waals surface area contributed by atoms with Crippen molar-refractivity contribution in [3.8, 4) is 0 Å². The first-order chi connectivity index (χ1) is 32.5. The van der Waals surface area contributed by atoms with E-state index in [9.17, 15) is 15.3 Å². The van der Waals surface area contributed by atoms with Gasteiger partial charge in [0.15, 0.2) is 0 Å². The molecule has 7 heterocycles. The highest BCUT2D eigenvalue weighted by molar-refractivity contribution is 5.21. The van der Waals surface area contributed by atoms with Gasteiger partial charge in [0, 0.05) is 93.2 Å². The quantitative estimate of drug-likeness (QED) is 0.0291. The number of furan rings is 6. The van der Waals surface area contributed by atoms with Crippen molar-refractivity contribution in [2.45, 2.75) is 127 Å². The molecular weight excluding hydrogens is 835 g/mol. The van der Waals surface area contributed by atoms with E-state index >= 15 is 0 Å². The molecule has 12 heteroatoms. The van der Waals surface area contributed by atoms with E-state index in [4.69, 9.17) is 26.5 Å². The van der Waals surface area contributed by atoms with Crippen molar-refractivity contribution in [2.75, 3.05) is 52.5 Å². The highest BCUT2D eigenvalue weighted by Crippen LogP contribution is 2.60. The maximum Gasteiger partial charge on any atom is 0.103 e. The fourth-order valence-electron chi connectivity index (χ4n) is 11.8. The zero-order valence-electron chi connectivity index (χ0n) is 39.0. The lowest BCUT2D eigenvalue weighted by Gasteiger charge is -2.69. The Labute approximate surface area is 391 Å². The molecule has 0 radical (unpaired) electrons. The fourth-order valence-corrected chi connectivity index (χ4v) is 11.8. The third kappa shape index (κ3) is 12.1. The first-order valence-electron chi connectivity index (χ1n) is 24.7. The first kappa shape index (κ1) is 49.3. The van der Waals surface area contributed by atoms with Gasteiger partial charge in [-0.05, 0) is 150 Å². The van der Waals surface area contributed by atoms with Crippen LogP contribution in [0.2, 0.25) is 0 Å². The van der Waals surface area contributed by atoms with E-state index < -0.39 is 21.9 Å². The number of aryl methyl sites for hydroxylation is 6. The van der Waals surface area contributed by atoms with Crippen molar-refractivity contribution in [1.82, 2.24) is 15.5 Å². The predicted molar refractivity (Wildman–Crippen MR) is 254 cm³/mol. The van der Waals surface area contributed by atoms with Crippen LogP contribution < -0.4 is 10.6 Å². The number of aliphatic hydroxyl groups excluding tert-OH is 3. The van der Waals surface area contributed by atoms with Crippen LogP contribution in [0.1, 0.15) is 112 Å². The van der Waals surface area contributed by atoms with Crippen LogP contribution in [-0.2, 0) is 38.5 Å². The van der Waals surface area contributed by atoms with Crippen LogP contribution in [0.3, 0.4) is 0 Å². The summed E-state index contributed by atoms with van der Waals surface area (Å²) in [5, 5.41) is 45.8. The Hall–Kier alpha value is -4.56. The zero-order chi connectivity index (χ0) is 45.8. The molecule has 0 unspecified atom stereocenters. The number of nitrogens with zero attached hydrogens (tertiary/aromatic N) is 1. The Morgan fingerprint density at radius 2 is 0.742 bits per heavy atom. The number of hydrogen-bond acceptors (Lipinski definition) is 12. The lowest BCUT2D eigenvalue weighted by atomic mass is 9.48. The van der Waals surface area contributed by atoms with Crippen LogP contribution in [0.5, 0.6) is 0 Å². The summed E-state index contributed by atoms with van der Waals surface area (Å²) in [5.74, 6) is 5.46. The third-order valence-electron chi connectivity index (χ3n) is 15.0. The van der Waals surface area contributed by atoms with Crippen molar-refractivity contribution in [2.24, 2.45) is 10.8 Å². The molecule has 66 heavy (non-hydrogen) atoms. The molecular formula is C54H75N3O9. The van der Waals surface area contributed by atoms with Crippen LogP contribution in [0, 0.1) is 10.8 Å². The van der Waals surface area contributed by atoms with Gasteiger partial charge in [-0.25, -0.2) is 0 Å².